The molecule has 1 aromatic rings. The standard InChI is InChI=1S/C13H23N3OS/c1-10(14-2)12-9-18-13(15-12)16(3)8-11-6-4-5-7-17-11/h9-11,14H,4-8H2,1-3H3. The Morgan fingerprint density at radius 1 is 1.61 bits per heavy atom. The molecule has 0 radical (unpaired) electrons. The fourth-order valence-corrected chi connectivity index (χ4v) is 3.03. The Bertz CT molecular complexity index is 363. The first kappa shape index (κ1) is 13.8. The third-order valence-corrected chi connectivity index (χ3v) is 4.44. The number of rotatable bonds is 5. The van der Waals surface area contributed by atoms with Crippen molar-refractivity contribution in [3.8, 4) is 0 Å². The van der Waals surface area contributed by atoms with Crippen LogP contribution in [0.4, 0.5) is 5.13 Å². The summed E-state index contributed by atoms with van der Waals surface area (Å²) in [6.07, 6.45) is 4.05. The van der Waals surface area contributed by atoms with Gasteiger partial charge >= 0.3 is 0 Å². The molecule has 1 aliphatic heterocycles. The van der Waals surface area contributed by atoms with E-state index >= 15 is 0 Å². The summed E-state index contributed by atoms with van der Waals surface area (Å²) in [4.78, 5) is 6.89. The van der Waals surface area contributed by atoms with E-state index in [1.54, 1.807) is 11.3 Å². The third-order valence-electron chi connectivity index (χ3n) is 3.46. The minimum Gasteiger partial charge on any atom is -0.376 e. The molecular weight excluding hydrogens is 246 g/mol. The highest BCUT2D eigenvalue weighted by atomic mass is 32.1. The number of nitrogens with one attached hydrogen (secondary N) is 1. The number of anilines is 1. The maximum absolute atomic E-state index is 5.77. The van der Waals surface area contributed by atoms with Crippen molar-refractivity contribution < 1.29 is 4.74 Å². The predicted octanol–water partition coefficient (Wildman–Crippen LogP) is 2.43. The maximum Gasteiger partial charge on any atom is 0.185 e. The van der Waals surface area contributed by atoms with Crippen LogP contribution in [0.2, 0.25) is 0 Å². The van der Waals surface area contributed by atoms with Crippen molar-refractivity contribution in [3.05, 3.63) is 11.1 Å². The van der Waals surface area contributed by atoms with Gasteiger partial charge in [-0.2, -0.15) is 0 Å². The van der Waals surface area contributed by atoms with Gasteiger partial charge in [0.05, 0.1) is 11.8 Å². The summed E-state index contributed by atoms with van der Waals surface area (Å²) in [7, 11) is 4.06. The number of ether oxygens (including phenoxy) is 1. The van der Waals surface area contributed by atoms with Crippen LogP contribution in [0, 0.1) is 0 Å². The van der Waals surface area contributed by atoms with E-state index in [9.17, 15) is 0 Å². The van der Waals surface area contributed by atoms with E-state index in [0.717, 1.165) is 24.0 Å². The SMILES string of the molecule is CNC(C)c1csc(N(C)CC2CCCCO2)n1. The van der Waals surface area contributed by atoms with E-state index in [1.165, 1.54) is 19.3 Å². The van der Waals surface area contributed by atoms with Crippen molar-refractivity contribution in [2.75, 3.05) is 32.1 Å². The van der Waals surface area contributed by atoms with Crippen molar-refractivity contribution in [2.45, 2.75) is 38.3 Å². The fourth-order valence-electron chi connectivity index (χ4n) is 2.13. The molecule has 5 heteroatoms. The van der Waals surface area contributed by atoms with Gasteiger partial charge in [0.25, 0.3) is 0 Å². The molecule has 0 aromatic carbocycles. The second-order valence-corrected chi connectivity index (χ2v) is 5.77. The molecule has 102 valence electrons. The van der Waals surface area contributed by atoms with Gasteiger partial charge in [-0.15, -0.1) is 11.3 Å². The van der Waals surface area contributed by atoms with Gasteiger partial charge in [-0.25, -0.2) is 4.98 Å². The van der Waals surface area contributed by atoms with Crippen LogP contribution in [0.3, 0.4) is 0 Å². The zero-order valence-electron chi connectivity index (χ0n) is 11.5. The molecule has 1 aromatic heterocycles. The number of thiazole rings is 1. The van der Waals surface area contributed by atoms with Crippen molar-refractivity contribution in [2.24, 2.45) is 0 Å². The zero-order valence-corrected chi connectivity index (χ0v) is 12.3. The van der Waals surface area contributed by atoms with Crippen LogP contribution < -0.4 is 10.2 Å². The highest BCUT2D eigenvalue weighted by Gasteiger charge is 2.18. The first-order valence-electron chi connectivity index (χ1n) is 6.66. The van der Waals surface area contributed by atoms with Crippen LogP contribution in [-0.4, -0.2) is 38.3 Å². The van der Waals surface area contributed by atoms with Gasteiger partial charge < -0.3 is 15.0 Å². The summed E-state index contributed by atoms with van der Waals surface area (Å²) in [6, 6.07) is 0.314. The highest BCUT2D eigenvalue weighted by Crippen LogP contribution is 2.24. The number of hydrogen-bond donors (Lipinski definition) is 1. The normalized spacial score (nSPS) is 21.8. The van der Waals surface area contributed by atoms with E-state index in [1.807, 2.05) is 7.05 Å². The molecule has 2 atom stereocenters. The molecule has 1 fully saturated rings. The molecule has 1 N–H and O–H groups in total. The number of nitrogens with zero attached hydrogens (tertiary/aromatic N) is 2. The Morgan fingerprint density at radius 2 is 2.44 bits per heavy atom. The molecule has 2 unspecified atom stereocenters. The average molecular weight is 269 g/mol. The average Bonchev–Trinajstić information content (AvgIpc) is 2.88. The lowest BCUT2D eigenvalue weighted by Gasteiger charge is -2.27. The largest absolute Gasteiger partial charge is 0.376 e. The predicted molar refractivity (Wildman–Crippen MR) is 76.4 cm³/mol. The van der Waals surface area contributed by atoms with Gasteiger partial charge in [-0.05, 0) is 33.2 Å². The maximum atomic E-state index is 5.77. The van der Waals surface area contributed by atoms with Gasteiger partial charge in [-0.3, -0.25) is 0 Å². The molecule has 2 rings (SSSR count). The molecule has 1 saturated heterocycles. The number of likely N-dealkylation sites (N-methyl/N-ethyl adjacent to an activating group) is 1. The Balaban J connectivity index is 1.91. The summed E-state index contributed by atoms with van der Waals surface area (Å²) in [5, 5.41) is 6.43. The smallest absolute Gasteiger partial charge is 0.185 e. The van der Waals surface area contributed by atoms with E-state index < -0.39 is 0 Å². The second-order valence-electron chi connectivity index (χ2n) is 4.93. The summed E-state index contributed by atoms with van der Waals surface area (Å²) in [5.41, 5.74) is 1.12. The summed E-state index contributed by atoms with van der Waals surface area (Å²) < 4.78 is 5.77. The van der Waals surface area contributed by atoms with Crippen LogP contribution in [0.5, 0.6) is 0 Å². The molecular formula is C13H23N3OS. The van der Waals surface area contributed by atoms with Crippen LogP contribution in [0.1, 0.15) is 37.9 Å². The van der Waals surface area contributed by atoms with E-state index in [-0.39, 0.29) is 0 Å². The van der Waals surface area contributed by atoms with Gasteiger partial charge in [0.1, 0.15) is 0 Å². The summed E-state index contributed by atoms with van der Waals surface area (Å²) in [5.74, 6) is 0. The van der Waals surface area contributed by atoms with Gasteiger partial charge in [0.15, 0.2) is 5.13 Å². The second kappa shape index (κ2) is 6.50. The first-order chi connectivity index (χ1) is 8.70. The minimum absolute atomic E-state index is 0.314. The molecule has 0 amide bonds. The monoisotopic (exact) mass is 269 g/mol. The van der Waals surface area contributed by atoms with Crippen LogP contribution in [0.15, 0.2) is 5.38 Å². The molecule has 2 heterocycles. The summed E-state index contributed by atoms with van der Waals surface area (Å²) >= 11 is 1.71. The molecule has 0 aliphatic carbocycles. The molecule has 0 spiro atoms. The first-order valence-corrected chi connectivity index (χ1v) is 7.54. The minimum atomic E-state index is 0.314. The van der Waals surface area contributed by atoms with Crippen molar-refractivity contribution >= 4 is 16.5 Å². The van der Waals surface area contributed by atoms with Gasteiger partial charge in [-0.1, -0.05) is 0 Å². The van der Waals surface area contributed by atoms with Crippen LogP contribution in [-0.2, 0) is 4.74 Å². The number of hydrogen-bond acceptors (Lipinski definition) is 5. The van der Waals surface area contributed by atoms with Gasteiger partial charge in [0.2, 0.25) is 0 Å². The number of aromatic nitrogens is 1. The Hall–Kier alpha value is -0.650. The molecule has 0 bridgehead atoms. The molecule has 1 aliphatic rings. The van der Waals surface area contributed by atoms with Crippen LogP contribution >= 0.6 is 11.3 Å². The lowest BCUT2D eigenvalue weighted by Crippen LogP contribution is -2.33. The topological polar surface area (TPSA) is 37.4 Å². The van der Waals surface area contributed by atoms with Gasteiger partial charge in [0, 0.05) is 31.6 Å². The molecule has 18 heavy (non-hydrogen) atoms. The van der Waals surface area contributed by atoms with E-state index in [2.05, 4.69) is 34.6 Å². The highest BCUT2D eigenvalue weighted by molar-refractivity contribution is 7.13. The van der Waals surface area contributed by atoms with E-state index in [0.29, 0.717) is 12.1 Å². The van der Waals surface area contributed by atoms with Crippen LogP contribution in [0.25, 0.3) is 0 Å². The van der Waals surface area contributed by atoms with E-state index in [4.69, 9.17) is 4.74 Å². The third kappa shape index (κ3) is 3.43. The lowest BCUT2D eigenvalue weighted by molar-refractivity contribution is 0.0216. The zero-order chi connectivity index (χ0) is 13.0. The summed E-state index contributed by atoms with van der Waals surface area (Å²) in [6.45, 7) is 3.99. The molecule has 0 saturated carbocycles. The fraction of sp³-hybridized carbons (Fsp3) is 0.769. The van der Waals surface area contributed by atoms with Crippen molar-refractivity contribution in [3.63, 3.8) is 0 Å². The Kier molecular flexibility index (Phi) is 4.97. The van der Waals surface area contributed by atoms with Crippen molar-refractivity contribution in [1.29, 1.82) is 0 Å². The Morgan fingerprint density at radius 3 is 3.11 bits per heavy atom. The molecule has 4 nitrogen and oxygen atoms in total. The quantitative estimate of drug-likeness (QED) is 0.891. The Labute approximate surface area is 113 Å². The lowest BCUT2D eigenvalue weighted by atomic mass is 10.1. The van der Waals surface area contributed by atoms with Crippen molar-refractivity contribution in [1.82, 2.24) is 10.3 Å².